The molecular formula is C36H42OS. The van der Waals surface area contributed by atoms with E-state index in [1.54, 1.807) is 24.4 Å². The second-order valence-electron chi connectivity index (χ2n) is 11.4. The number of rotatable bonds is 7. The van der Waals surface area contributed by atoms with Gasteiger partial charge >= 0.3 is 0 Å². The Bertz CT molecular complexity index is 1360. The lowest BCUT2D eigenvalue weighted by Gasteiger charge is -2.46. The first kappa shape index (κ1) is 26.9. The van der Waals surface area contributed by atoms with Gasteiger partial charge in [-0.15, -0.1) is 0 Å². The second-order valence-corrected chi connectivity index (χ2v) is 12.5. The molecule has 0 N–H and O–H groups in total. The van der Waals surface area contributed by atoms with Gasteiger partial charge in [-0.3, -0.25) is 0 Å². The Hall–Kier alpha value is -2.71. The van der Waals surface area contributed by atoms with Crippen LogP contribution in [-0.2, 0) is 5.41 Å². The third-order valence-corrected chi connectivity index (χ3v) is 11.1. The maximum absolute atomic E-state index is 5.87. The van der Waals surface area contributed by atoms with Crippen LogP contribution in [0.2, 0.25) is 0 Å². The molecule has 0 saturated heterocycles. The van der Waals surface area contributed by atoms with E-state index in [1.807, 2.05) is 0 Å². The zero-order valence-electron chi connectivity index (χ0n) is 24.0. The lowest BCUT2D eigenvalue weighted by Crippen LogP contribution is -2.37. The van der Waals surface area contributed by atoms with Crippen molar-refractivity contribution in [3.05, 3.63) is 100 Å². The van der Waals surface area contributed by atoms with Crippen molar-refractivity contribution >= 4 is 23.4 Å². The molecular weight excluding hydrogens is 480 g/mol. The lowest BCUT2D eigenvalue weighted by atomic mass is 9.58. The highest BCUT2D eigenvalue weighted by Crippen LogP contribution is 2.59. The first-order valence-corrected chi connectivity index (χ1v) is 15.1. The molecule has 2 aliphatic carbocycles. The van der Waals surface area contributed by atoms with Crippen molar-refractivity contribution in [1.29, 1.82) is 0 Å². The molecule has 0 atom stereocenters. The van der Waals surface area contributed by atoms with Crippen molar-refractivity contribution < 1.29 is 4.74 Å². The quantitative estimate of drug-likeness (QED) is 0.305. The Labute approximate surface area is 234 Å². The van der Waals surface area contributed by atoms with E-state index in [9.17, 15) is 0 Å². The second kappa shape index (κ2) is 10.8. The summed E-state index contributed by atoms with van der Waals surface area (Å²) in [5.74, 6) is 0.934. The molecule has 0 radical (unpaired) electrons. The number of allylic oxidation sites excluding steroid dienone is 3. The van der Waals surface area contributed by atoms with Crippen LogP contribution >= 0.6 is 11.8 Å². The summed E-state index contributed by atoms with van der Waals surface area (Å²) in [6.07, 6.45) is 12.4. The van der Waals surface area contributed by atoms with Gasteiger partial charge in [-0.05, 0) is 103 Å². The minimum absolute atomic E-state index is 0.146. The summed E-state index contributed by atoms with van der Waals surface area (Å²) >= 11 is 1.80. The molecule has 0 unspecified atom stereocenters. The highest BCUT2D eigenvalue weighted by molar-refractivity contribution is 7.99. The van der Waals surface area contributed by atoms with Crippen LogP contribution in [0.25, 0.3) is 11.6 Å². The highest BCUT2D eigenvalue weighted by Gasteiger charge is 2.47. The van der Waals surface area contributed by atoms with E-state index < -0.39 is 0 Å². The fourth-order valence-corrected chi connectivity index (χ4v) is 8.04. The summed E-state index contributed by atoms with van der Waals surface area (Å²) in [5, 5.41) is 0. The van der Waals surface area contributed by atoms with Gasteiger partial charge in [0.15, 0.2) is 0 Å². The Morgan fingerprint density at radius 3 is 2.16 bits per heavy atom. The summed E-state index contributed by atoms with van der Waals surface area (Å²) in [6, 6.07) is 22.3. The molecule has 1 spiro atoms. The summed E-state index contributed by atoms with van der Waals surface area (Å²) in [5.41, 5.74) is 10.4. The third-order valence-electron chi connectivity index (χ3n) is 9.68. The van der Waals surface area contributed by atoms with Gasteiger partial charge in [-0.25, -0.2) is 0 Å². The predicted octanol–water partition coefficient (Wildman–Crippen LogP) is 10.6. The molecule has 0 heterocycles. The van der Waals surface area contributed by atoms with Crippen molar-refractivity contribution in [2.45, 2.75) is 88.3 Å². The largest absolute Gasteiger partial charge is 0.496 e. The van der Waals surface area contributed by atoms with Gasteiger partial charge in [0.05, 0.1) is 12.0 Å². The minimum atomic E-state index is 0.146. The van der Waals surface area contributed by atoms with E-state index in [-0.39, 0.29) is 5.41 Å². The van der Waals surface area contributed by atoms with E-state index in [2.05, 4.69) is 107 Å². The number of hydrogen-bond acceptors (Lipinski definition) is 2. The summed E-state index contributed by atoms with van der Waals surface area (Å²) < 4.78 is 5.87. The van der Waals surface area contributed by atoms with Crippen molar-refractivity contribution in [3.8, 4) is 5.75 Å². The molecule has 2 aliphatic rings. The van der Waals surface area contributed by atoms with E-state index >= 15 is 0 Å². The van der Waals surface area contributed by atoms with Crippen LogP contribution in [-0.4, -0.2) is 7.11 Å². The number of aryl methyl sites for hydroxylation is 2. The highest BCUT2D eigenvalue weighted by atomic mass is 32.2. The minimum Gasteiger partial charge on any atom is -0.496 e. The van der Waals surface area contributed by atoms with Crippen LogP contribution in [0.4, 0.5) is 0 Å². The molecule has 3 aromatic carbocycles. The third kappa shape index (κ3) is 4.66. The lowest BCUT2D eigenvalue weighted by molar-refractivity contribution is 0.133. The standard InChI is InChI=1S/C36H42OS/c1-7-35(8-2)20-22-36(23-21-35)30(27(5)29-14-9-10-15-31(29)36)18-16-28-17-19-33(32(24-28)37-6)38-34-25(3)12-11-13-26(34)4/h9-19,24H,7-8,20-23H2,1-6H3/b18-16-. The zero-order valence-corrected chi connectivity index (χ0v) is 24.8. The van der Waals surface area contributed by atoms with Gasteiger partial charge in [0, 0.05) is 10.3 Å². The van der Waals surface area contributed by atoms with Gasteiger partial charge in [0.25, 0.3) is 0 Å². The van der Waals surface area contributed by atoms with E-state index in [0.717, 1.165) is 10.6 Å². The molecule has 3 aromatic rings. The van der Waals surface area contributed by atoms with Crippen molar-refractivity contribution in [1.82, 2.24) is 0 Å². The molecule has 38 heavy (non-hydrogen) atoms. The molecule has 0 aliphatic heterocycles. The Morgan fingerprint density at radius 1 is 0.816 bits per heavy atom. The fraction of sp³-hybridized carbons (Fsp3) is 0.389. The van der Waals surface area contributed by atoms with Crippen molar-refractivity contribution in [2.75, 3.05) is 7.11 Å². The number of ether oxygens (including phenoxy) is 1. The van der Waals surface area contributed by atoms with Crippen LogP contribution in [0.15, 0.2) is 82.1 Å². The molecule has 0 amide bonds. The molecule has 5 rings (SSSR count). The number of methoxy groups -OCH3 is 1. The van der Waals surface area contributed by atoms with Gasteiger partial charge in [-0.2, -0.15) is 0 Å². The maximum Gasteiger partial charge on any atom is 0.133 e. The molecule has 1 nitrogen and oxygen atoms in total. The number of hydrogen-bond donors (Lipinski definition) is 0. The van der Waals surface area contributed by atoms with Crippen LogP contribution in [0, 0.1) is 19.3 Å². The SMILES string of the molecule is CCC1(CC)CCC2(CC1)C(/C=C\c1ccc(Sc3c(C)cccc3C)c(OC)c1)=C(C)c1ccccc12. The monoisotopic (exact) mass is 522 g/mol. The summed E-state index contributed by atoms with van der Waals surface area (Å²) in [7, 11) is 1.78. The van der Waals surface area contributed by atoms with E-state index in [1.165, 1.54) is 76.8 Å². The molecule has 198 valence electrons. The fourth-order valence-electron chi connectivity index (χ4n) is 6.99. The molecule has 0 bridgehead atoms. The first-order valence-electron chi connectivity index (χ1n) is 14.3. The van der Waals surface area contributed by atoms with Crippen LogP contribution in [0.3, 0.4) is 0 Å². The number of benzene rings is 3. The average Bonchev–Trinajstić information content (AvgIpc) is 3.17. The van der Waals surface area contributed by atoms with Crippen LogP contribution in [0.1, 0.15) is 87.1 Å². The van der Waals surface area contributed by atoms with Crippen LogP contribution < -0.4 is 4.74 Å². The van der Waals surface area contributed by atoms with Gasteiger partial charge in [-0.1, -0.05) is 99.1 Å². The van der Waals surface area contributed by atoms with Gasteiger partial charge in [0.1, 0.15) is 5.75 Å². The van der Waals surface area contributed by atoms with Gasteiger partial charge in [0.2, 0.25) is 0 Å². The van der Waals surface area contributed by atoms with Crippen LogP contribution in [0.5, 0.6) is 5.75 Å². The van der Waals surface area contributed by atoms with Gasteiger partial charge < -0.3 is 4.74 Å². The van der Waals surface area contributed by atoms with Crippen molar-refractivity contribution in [3.63, 3.8) is 0 Å². The summed E-state index contributed by atoms with van der Waals surface area (Å²) in [6.45, 7) is 11.5. The Balaban J connectivity index is 1.46. The maximum atomic E-state index is 5.87. The Morgan fingerprint density at radius 2 is 1.50 bits per heavy atom. The molecule has 1 saturated carbocycles. The number of fused-ring (bicyclic) bond motifs is 2. The average molecular weight is 523 g/mol. The normalized spacial score (nSPS) is 17.8. The van der Waals surface area contributed by atoms with E-state index in [4.69, 9.17) is 4.74 Å². The molecule has 2 heteroatoms. The molecule has 0 aromatic heterocycles. The summed E-state index contributed by atoms with van der Waals surface area (Å²) in [4.78, 5) is 2.47. The Kier molecular flexibility index (Phi) is 7.65. The predicted molar refractivity (Wildman–Crippen MR) is 164 cm³/mol. The smallest absolute Gasteiger partial charge is 0.133 e. The molecule has 1 fully saturated rings. The zero-order chi connectivity index (χ0) is 26.9. The van der Waals surface area contributed by atoms with E-state index in [0.29, 0.717) is 5.41 Å². The van der Waals surface area contributed by atoms with Crippen molar-refractivity contribution in [2.24, 2.45) is 5.41 Å². The first-order chi connectivity index (χ1) is 18.4. The topological polar surface area (TPSA) is 9.23 Å².